The fourth-order valence-electron chi connectivity index (χ4n) is 4.34. The van der Waals surface area contributed by atoms with Crippen LogP contribution in [0.4, 0.5) is 21.9 Å². The van der Waals surface area contributed by atoms with Crippen LogP contribution < -0.4 is 10.2 Å². The van der Waals surface area contributed by atoms with Gasteiger partial charge in [0.1, 0.15) is 6.07 Å². The number of rotatable bonds is 6. The van der Waals surface area contributed by atoms with Gasteiger partial charge in [-0.05, 0) is 67.3 Å². The van der Waals surface area contributed by atoms with E-state index in [1.54, 1.807) is 11.1 Å². The number of ether oxygens (including phenoxy) is 1. The number of nitrogens with zero attached hydrogens (tertiary/aromatic N) is 3. The van der Waals surface area contributed by atoms with Crippen molar-refractivity contribution < 1.29 is 9.53 Å². The molecule has 4 aromatic rings. The number of benzene rings is 2. The Morgan fingerprint density at radius 1 is 1.26 bits per heavy atom. The molecule has 0 unspecified atom stereocenters. The standard InChI is InChI=1S/C28H25N5O2/c1-19-23-11-13-30-25(23)10-9-24(19)32-26-16-22(31-18-21(26)17-29)7-4-5-15-35-28(34)33-14-12-20-6-2-3-8-27(20)33/h2-4,6-11,13,16,18,30H,5,12,14-15H2,1H3,(H,31,32). The first-order chi connectivity index (χ1) is 17.1. The second-order valence-electron chi connectivity index (χ2n) is 8.40. The van der Waals surface area contributed by atoms with Gasteiger partial charge < -0.3 is 15.0 Å². The normalized spacial score (nSPS) is 12.6. The third-order valence-electron chi connectivity index (χ3n) is 6.22. The lowest BCUT2D eigenvalue weighted by Gasteiger charge is -2.16. The number of hydrogen-bond acceptors (Lipinski definition) is 5. The number of aryl methyl sites for hydroxylation is 1. The van der Waals surface area contributed by atoms with E-state index in [0.29, 0.717) is 29.9 Å². The average molecular weight is 464 g/mol. The number of aromatic nitrogens is 2. The van der Waals surface area contributed by atoms with E-state index in [0.717, 1.165) is 34.3 Å². The minimum atomic E-state index is -0.318. The number of carbonyl (C=O) groups excluding carboxylic acids is 1. The smallest absolute Gasteiger partial charge is 0.414 e. The number of fused-ring (bicyclic) bond motifs is 2. The second-order valence-corrected chi connectivity index (χ2v) is 8.40. The molecule has 5 rings (SSSR count). The summed E-state index contributed by atoms with van der Waals surface area (Å²) in [5, 5.41) is 14.1. The lowest BCUT2D eigenvalue weighted by molar-refractivity contribution is 0.156. The molecule has 0 fully saturated rings. The number of H-pyrrole nitrogens is 1. The number of amides is 1. The van der Waals surface area contributed by atoms with Crippen molar-refractivity contribution in [2.45, 2.75) is 19.8 Å². The maximum absolute atomic E-state index is 12.4. The van der Waals surface area contributed by atoms with Crippen molar-refractivity contribution in [2.24, 2.45) is 0 Å². The van der Waals surface area contributed by atoms with Crippen molar-refractivity contribution in [1.29, 1.82) is 5.26 Å². The first-order valence-corrected chi connectivity index (χ1v) is 11.6. The molecule has 0 atom stereocenters. The van der Waals surface area contributed by atoms with E-state index >= 15 is 0 Å². The zero-order valence-corrected chi connectivity index (χ0v) is 19.4. The predicted molar refractivity (Wildman–Crippen MR) is 138 cm³/mol. The summed E-state index contributed by atoms with van der Waals surface area (Å²) < 4.78 is 5.46. The minimum Gasteiger partial charge on any atom is -0.449 e. The molecule has 7 nitrogen and oxygen atoms in total. The van der Waals surface area contributed by atoms with E-state index in [2.05, 4.69) is 28.3 Å². The largest absolute Gasteiger partial charge is 0.449 e. The van der Waals surface area contributed by atoms with Crippen LogP contribution in [0.5, 0.6) is 0 Å². The Bertz CT molecular complexity index is 1460. The van der Waals surface area contributed by atoms with Gasteiger partial charge in [0.25, 0.3) is 0 Å². The van der Waals surface area contributed by atoms with Crippen molar-refractivity contribution in [3.05, 3.63) is 89.4 Å². The summed E-state index contributed by atoms with van der Waals surface area (Å²) in [6.45, 7) is 2.98. The Morgan fingerprint density at radius 3 is 3.03 bits per heavy atom. The number of para-hydroxylation sites is 1. The van der Waals surface area contributed by atoms with E-state index in [1.807, 2.05) is 66.9 Å². The molecule has 1 amide bonds. The maximum atomic E-state index is 12.4. The number of pyridine rings is 1. The average Bonchev–Trinajstić information content (AvgIpc) is 3.53. The van der Waals surface area contributed by atoms with Crippen molar-refractivity contribution in [3.8, 4) is 6.07 Å². The molecular formula is C28H25N5O2. The molecule has 0 aliphatic carbocycles. The molecule has 0 radical (unpaired) electrons. The van der Waals surface area contributed by atoms with Crippen LogP contribution in [0.25, 0.3) is 17.0 Å². The molecule has 2 aromatic heterocycles. The van der Waals surface area contributed by atoms with E-state index < -0.39 is 0 Å². The summed E-state index contributed by atoms with van der Waals surface area (Å²) in [6, 6.07) is 18.0. The highest BCUT2D eigenvalue weighted by Gasteiger charge is 2.24. The molecule has 1 aliphatic heterocycles. The SMILES string of the molecule is Cc1c(Nc2cc(C=CCCOC(=O)N3CCc4ccccc43)ncc2C#N)ccc2[nH]ccc12. The number of nitriles is 1. The summed E-state index contributed by atoms with van der Waals surface area (Å²) in [7, 11) is 0. The van der Waals surface area contributed by atoms with Crippen molar-refractivity contribution >= 4 is 40.1 Å². The van der Waals surface area contributed by atoms with Gasteiger partial charge in [-0.25, -0.2) is 4.79 Å². The van der Waals surface area contributed by atoms with Crippen molar-refractivity contribution in [2.75, 3.05) is 23.4 Å². The number of nitrogens with one attached hydrogen (secondary N) is 2. The zero-order chi connectivity index (χ0) is 24.2. The highest BCUT2D eigenvalue weighted by Crippen LogP contribution is 2.29. The van der Waals surface area contributed by atoms with Gasteiger partial charge in [-0.3, -0.25) is 9.88 Å². The Balaban J connectivity index is 1.21. The Labute approximate surface area is 203 Å². The quantitative estimate of drug-likeness (QED) is 0.338. The van der Waals surface area contributed by atoms with Gasteiger partial charge in [-0.2, -0.15) is 5.26 Å². The molecule has 35 heavy (non-hydrogen) atoms. The molecule has 2 N–H and O–H groups in total. The Hall–Kier alpha value is -4.57. The molecule has 174 valence electrons. The highest BCUT2D eigenvalue weighted by atomic mass is 16.6. The van der Waals surface area contributed by atoms with Crippen LogP contribution in [-0.4, -0.2) is 29.2 Å². The van der Waals surface area contributed by atoms with Crippen LogP contribution in [-0.2, 0) is 11.2 Å². The maximum Gasteiger partial charge on any atom is 0.414 e. The first kappa shape index (κ1) is 22.2. The minimum absolute atomic E-state index is 0.283. The van der Waals surface area contributed by atoms with Crippen LogP contribution in [0.15, 0.2) is 67.0 Å². The van der Waals surface area contributed by atoms with Gasteiger partial charge in [0.15, 0.2) is 0 Å². The summed E-state index contributed by atoms with van der Waals surface area (Å²) in [5.74, 6) is 0. The lowest BCUT2D eigenvalue weighted by atomic mass is 10.1. The first-order valence-electron chi connectivity index (χ1n) is 11.6. The molecule has 7 heteroatoms. The molecule has 0 saturated heterocycles. The van der Waals surface area contributed by atoms with Crippen LogP contribution in [0.2, 0.25) is 0 Å². The van der Waals surface area contributed by atoms with E-state index in [4.69, 9.17) is 4.74 Å². The summed E-state index contributed by atoms with van der Waals surface area (Å²) in [5.41, 5.74) is 7.08. The Kier molecular flexibility index (Phi) is 6.18. The Morgan fingerprint density at radius 2 is 2.14 bits per heavy atom. The van der Waals surface area contributed by atoms with E-state index in [-0.39, 0.29) is 12.7 Å². The third kappa shape index (κ3) is 4.59. The van der Waals surface area contributed by atoms with Crippen LogP contribution in [0, 0.1) is 18.3 Å². The van der Waals surface area contributed by atoms with Crippen molar-refractivity contribution in [3.63, 3.8) is 0 Å². The number of carbonyl (C=O) groups is 1. The molecule has 1 aliphatic rings. The van der Waals surface area contributed by atoms with E-state index in [1.165, 1.54) is 5.56 Å². The van der Waals surface area contributed by atoms with Gasteiger partial charge in [0, 0.05) is 35.5 Å². The highest BCUT2D eigenvalue weighted by molar-refractivity contribution is 5.90. The van der Waals surface area contributed by atoms with Gasteiger partial charge >= 0.3 is 6.09 Å². The van der Waals surface area contributed by atoms with Gasteiger partial charge in [-0.15, -0.1) is 0 Å². The molecule has 0 bridgehead atoms. The summed E-state index contributed by atoms with van der Waals surface area (Å²) in [6.07, 6.45) is 8.37. The topological polar surface area (TPSA) is 94.0 Å². The van der Waals surface area contributed by atoms with Gasteiger partial charge in [-0.1, -0.05) is 24.3 Å². The van der Waals surface area contributed by atoms with Crippen LogP contribution in [0.1, 0.15) is 28.8 Å². The molecular weight excluding hydrogens is 438 g/mol. The fourth-order valence-corrected chi connectivity index (χ4v) is 4.34. The zero-order valence-electron chi connectivity index (χ0n) is 19.4. The third-order valence-corrected chi connectivity index (χ3v) is 6.22. The number of hydrogen-bond donors (Lipinski definition) is 2. The number of aromatic amines is 1. The fraction of sp³-hybridized carbons (Fsp3) is 0.179. The predicted octanol–water partition coefficient (Wildman–Crippen LogP) is 6.09. The van der Waals surface area contributed by atoms with Crippen molar-refractivity contribution in [1.82, 2.24) is 9.97 Å². The molecule has 3 heterocycles. The molecule has 0 spiro atoms. The van der Waals surface area contributed by atoms with Crippen LogP contribution >= 0.6 is 0 Å². The van der Waals surface area contributed by atoms with Gasteiger partial charge in [0.05, 0.1) is 29.2 Å². The summed E-state index contributed by atoms with van der Waals surface area (Å²) in [4.78, 5) is 21.7. The monoisotopic (exact) mass is 463 g/mol. The lowest BCUT2D eigenvalue weighted by Crippen LogP contribution is -2.29. The number of anilines is 3. The molecule has 2 aromatic carbocycles. The summed E-state index contributed by atoms with van der Waals surface area (Å²) >= 11 is 0. The van der Waals surface area contributed by atoms with Gasteiger partial charge in [0.2, 0.25) is 0 Å². The van der Waals surface area contributed by atoms with Crippen LogP contribution in [0.3, 0.4) is 0 Å². The van der Waals surface area contributed by atoms with E-state index in [9.17, 15) is 10.1 Å². The second kappa shape index (κ2) is 9.74. The molecule has 0 saturated carbocycles.